The Kier molecular flexibility index (Phi) is 4.42. The summed E-state index contributed by atoms with van der Waals surface area (Å²) in [5, 5.41) is 3.30. The van der Waals surface area contributed by atoms with Crippen molar-refractivity contribution >= 4 is 0 Å². The van der Waals surface area contributed by atoms with Crippen LogP contribution in [-0.4, -0.2) is 43.3 Å². The first-order valence-corrected chi connectivity index (χ1v) is 7.85. The average Bonchev–Trinajstić information content (AvgIpc) is 3.29. The molecule has 1 N–H and O–H groups in total. The number of hydrogen-bond acceptors (Lipinski definition) is 4. The molecule has 5 nitrogen and oxygen atoms in total. The Hall–Kier alpha value is -1.17. The summed E-state index contributed by atoms with van der Waals surface area (Å²) in [4.78, 5) is 15.1. The Balaban J connectivity index is 1.88. The lowest BCUT2D eigenvalue weighted by Crippen LogP contribution is -2.36. The van der Waals surface area contributed by atoms with Gasteiger partial charge in [0.2, 0.25) is 0 Å². The largest absolute Gasteiger partial charge is 0.383 e. The third-order valence-corrected chi connectivity index (χ3v) is 4.38. The summed E-state index contributed by atoms with van der Waals surface area (Å²) in [6.07, 6.45) is 3.31. The summed E-state index contributed by atoms with van der Waals surface area (Å²) in [6, 6.07) is 2.57. The van der Waals surface area contributed by atoms with Gasteiger partial charge < -0.3 is 19.5 Å². The van der Waals surface area contributed by atoms with Crippen LogP contribution in [0.5, 0.6) is 0 Å². The van der Waals surface area contributed by atoms with Gasteiger partial charge in [0.25, 0.3) is 5.56 Å². The minimum absolute atomic E-state index is 0.214. The van der Waals surface area contributed by atoms with Gasteiger partial charge in [-0.15, -0.1) is 0 Å². The van der Waals surface area contributed by atoms with Crippen LogP contribution >= 0.6 is 0 Å². The third-order valence-electron chi connectivity index (χ3n) is 4.38. The molecular weight excluding hydrogens is 266 g/mol. The topological polar surface area (TPSA) is 46.5 Å². The molecular formula is C16H25N3O2. The van der Waals surface area contributed by atoms with Crippen LogP contribution in [0.2, 0.25) is 0 Å². The molecule has 0 atom stereocenters. The summed E-state index contributed by atoms with van der Waals surface area (Å²) in [7, 11) is 3.84. The van der Waals surface area contributed by atoms with Crippen LogP contribution < -0.4 is 10.9 Å². The fourth-order valence-corrected chi connectivity index (χ4v) is 3.11. The fourth-order valence-electron chi connectivity index (χ4n) is 3.11. The van der Waals surface area contributed by atoms with E-state index in [4.69, 9.17) is 4.74 Å². The van der Waals surface area contributed by atoms with E-state index in [1.54, 1.807) is 7.11 Å². The van der Waals surface area contributed by atoms with E-state index in [9.17, 15) is 4.79 Å². The Bertz CT molecular complexity index is 563. The van der Waals surface area contributed by atoms with Crippen molar-refractivity contribution in [2.24, 2.45) is 0 Å². The van der Waals surface area contributed by atoms with Gasteiger partial charge in [0.1, 0.15) is 0 Å². The van der Waals surface area contributed by atoms with Crippen LogP contribution in [0, 0.1) is 0 Å². The molecule has 0 saturated heterocycles. The van der Waals surface area contributed by atoms with E-state index < -0.39 is 0 Å². The Morgan fingerprint density at radius 2 is 2.24 bits per heavy atom. The average molecular weight is 291 g/mol. The Labute approximate surface area is 125 Å². The van der Waals surface area contributed by atoms with Gasteiger partial charge >= 0.3 is 0 Å². The van der Waals surface area contributed by atoms with Crippen molar-refractivity contribution < 1.29 is 4.74 Å². The van der Waals surface area contributed by atoms with Crippen molar-refractivity contribution in [2.45, 2.75) is 38.4 Å². The smallest absolute Gasteiger partial charge is 0.255 e. The van der Waals surface area contributed by atoms with Crippen LogP contribution in [0.4, 0.5) is 0 Å². The lowest BCUT2D eigenvalue weighted by Gasteiger charge is -2.28. The van der Waals surface area contributed by atoms with E-state index in [1.165, 1.54) is 11.3 Å². The molecule has 2 heterocycles. The SMILES string of the molecule is COCCNCc1cc2c(n(C3CC3)c1=O)CCN(C)C2. The summed E-state index contributed by atoms with van der Waals surface area (Å²) in [6.45, 7) is 4.07. The molecule has 3 rings (SSSR count). The molecule has 0 unspecified atom stereocenters. The Morgan fingerprint density at radius 1 is 1.43 bits per heavy atom. The molecule has 1 aliphatic heterocycles. The minimum atomic E-state index is 0.214. The van der Waals surface area contributed by atoms with Gasteiger partial charge in [-0.2, -0.15) is 0 Å². The number of fused-ring (bicyclic) bond motifs is 1. The lowest BCUT2D eigenvalue weighted by molar-refractivity contribution is 0.199. The number of nitrogens with one attached hydrogen (secondary N) is 1. The first-order valence-electron chi connectivity index (χ1n) is 7.85. The zero-order chi connectivity index (χ0) is 14.8. The first kappa shape index (κ1) is 14.8. The molecule has 5 heteroatoms. The van der Waals surface area contributed by atoms with Crippen molar-refractivity contribution in [1.29, 1.82) is 0 Å². The second-order valence-electron chi connectivity index (χ2n) is 6.21. The zero-order valence-corrected chi connectivity index (χ0v) is 13.0. The van der Waals surface area contributed by atoms with E-state index >= 15 is 0 Å². The third kappa shape index (κ3) is 3.20. The molecule has 1 aliphatic carbocycles. The number of hydrogen-bond donors (Lipinski definition) is 1. The number of pyridine rings is 1. The molecule has 2 aliphatic rings. The van der Waals surface area contributed by atoms with Gasteiger partial charge in [-0.05, 0) is 31.5 Å². The van der Waals surface area contributed by atoms with Gasteiger partial charge in [0, 0.05) is 57.0 Å². The van der Waals surface area contributed by atoms with E-state index in [0.29, 0.717) is 19.2 Å². The predicted octanol–water partition coefficient (Wildman–Crippen LogP) is 0.907. The molecule has 116 valence electrons. The van der Waals surface area contributed by atoms with Gasteiger partial charge in [-0.25, -0.2) is 0 Å². The van der Waals surface area contributed by atoms with E-state index in [2.05, 4.69) is 27.9 Å². The van der Waals surface area contributed by atoms with Crippen molar-refractivity contribution in [2.75, 3.05) is 33.9 Å². The summed E-state index contributed by atoms with van der Waals surface area (Å²) in [5.41, 5.74) is 3.72. The number of aromatic nitrogens is 1. The molecule has 1 saturated carbocycles. The maximum Gasteiger partial charge on any atom is 0.255 e. The number of nitrogens with zero attached hydrogens (tertiary/aromatic N) is 2. The van der Waals surface area contributed by atoms with Crippen molar-refractivity contribution in [3.8, 4) is 0 Å². The van der Waals surface area contributed by atoms with E-state index in [-0.39, 0.29) is 5.56 Å². The van der Waals surface area contributed by atoms with Crippen LogP contribution in [0.1, 0.15) is 35.7 Å². The van der Waals surface area contributed by atoms with Crippen LogP contribution in [0.15, 0.2) is 10.9 Å². The van der Waals surface area contributed by atoms with Crippen LogP contribution in [0.3, 0.4) is 0 Å². The second-order valence-corrected chi connectivity index (χ2v) is 6.21. The highest BCUT2D eigenvalue weighted by Gasteiger charge is 2.30. The first-order chi connectivity index (χ1) is 10.2. The molecule has 1 aromatic rings. The van der Waals surface area contributed by atoms with Gasteiger partial charge in [-0.3, -0.25) is 4.79 Å². The number of methoxy groups -OCH3 is 1. The molecule has 0 radical (unpaired) electrons. The number of ether oxygens (including phenoxy) is 1. The monoisotopic (exact) mass is 291 g/mol. The highest BCUT2D eigenvalue weighted by Crippen LogP contribution is 2.36. The summed E-state index contributed by atoms with van der Waals surface area (Å²) >= 11 is 0. The molecule has 0 aromatic carbocycles. The van der Waals surface area contributed by atoms with E-state index in [0.717, 1.165) is 44.5 Å². The standard InChI is InChI=1S/C16H25N3O2/c1-18-7-5-15-13(11-18)9-12(10-17-6-8-21-2)16(20)19(15)14-3-4-14/h9,14,17H,3-8,10-11H2,1-2H3. The molecule has 21 heavy (non-hydrogen) atoms. The highest BCUT2D eigenvalue weighted by atomic mass is 16.5. The summed E-state index contributed by atoms with van der Waals surface area (Å²) in [5.74, 6) is 0. The molecule has 0 spiro atoms. The van der Waals surface area contributed by atoms with Crippen molar-refractivity contribution in [3.63, 3.8) is 0 Å². The quantitative estimate of drug-likeness (QED) is 0.791. The fraction of sp³-hybridized carbons (Fsp3) is 0.688. The maximum absolute atomic E-state index is 12.7. The normalized spacial score (nSPS) is 18.8. The summed E-state index contributed by atoms with van der Waals surface area (Å²) < 4.78 is 7.13. The molecule has 1 fully saturated rings. The number of rotatable bonds is 6. The minimum Gasteiger partial charge on any atom is -0.383 e. The van der Waals surface area contributed by atoms with Crippen molar-refractivity contribution in [1.82, 2.24) is 14.8 Å². The number of likely N-dealkylation sites (N-methyl/N-ethyl adjacent to an activating group) is 1. The molecule has 1 aromatic heterocycles. The molecule has 0 amide bonds. The van der Waals surface area contributed by atoms with Crippen LogP contribution in [0.25, 0.3) is 0 Å². The highest BCUT2D eigenvalue weighted by molar-refractivity contribution is 5.30. The van der Waals surface area contributed by atoms with E-state index in [1.807, 2.05) is 0 Å². The molecule has 0 bridgehead atoms. The van der Waals surface area contributed by atoms with Gasteiger partial charge in [0.15, 0.2) is 0 Å². The van der Waals surface area contributed by atoms with Crippen molar-refractivity contribution in [3.05, 3.63) is 33.2 Å². The second kappa shape index (κ2) is 6.30. The van der Waals surface area contributed by atoms with Crippen LogP contribution in [-0.2, 0) is 24.2 Å². The predicted molar refractivity (Wildman–Crippen MR) is 82.6 cm³/mol. The Morgan fingerprint density at radius 3 is 2.95 bits per heavy atom. The lowest BCUT2D eigenvalue weighted by atomic mass is 10.0. The maximum atomic E-state index is 12.7. The van der Waals surface area contributed by atoms with Gasteiger partial charge in [0.05, 0.1) is 6.61 Å². The zero-order valence-electron chi connectivity index (χ0n) is 13.0. The van der Waals surface area contributed by atoms with Gasteiger partial charge in [-0.1, -0.05) is 0 Å².